The van der Waals surface area contributed by atoms with Gasteiger partial charge in [-0.05, 0) is 26.0 Å². The molecule has 2 unspecified atom stereocenters. The number of hydrogen-bond acceptors (Lipinski definition) is 4. The lowest BCUT2D eigenvalue weighted by molar-refractivity contribution is 0.126. The van der Waals surface area contributed by atoms with Crippen LogP contribution < -0.4 is 5.73 Å². The van der Waals surface area contributed by atoms with E-state index in [0.29, 0.717) is 11.8 Å². The molecule has 2 atom stereocenters. The van der Waals surface area contributed by atoms with Crippen LogP contribution in [0, 0.1) is 0 Å². The third kappa shape index (κ3) is 2.39. The summed E-state index contributed by atoms with van der Waals surface area (Å²) in [6, 6.07) is 0. The zero-order valence-electron chi connectivity index (χ0n) is 8.37. The summed E-state index contributed by atoms with van der Waals surface area (Å²) in [7, 11) is 3.40. The first-order chi connectivity index (χ1) is 6.15. The van der Waals surface area contributed by atoms with Crippen molar-refractivity contribution in [3.05, 3.63) is 11.8 Å². The number of rotatable bonds is 4. The zero-order chi connectivity index (χ0) is 9.90. The van der Waals surface area contributed by atoms with Gasteiger partial charge in [-0.25, -0.2) is 0 Å². The van der Waals surface area contributed by atoms with E-state index in [1.165, 1.54) is 0 Å². The molecule has 0 radical (unpaired) electrons. The van der Waals surface area contributed by atoms with Crippen LogP contribution in [0.5, 0.6) is 0 Å². The van der Waals surface area contributed by atoms with Crippen LogP contribution in [0.1, 0.15) is 13.3 Å². The summed E-state index contributed by atoms with van der Waals surface area (Å²) in [5.41, 5.74) is 5.52. The Morgan fingerprint density at radius 2 is 2.31 bits per heavy atom. The summed E-state index contributed by atoms with van der Waals surface area (Å²) in [5.74, 6) is 0.986. The van der Waals surface area contributed by atoms with Crippen molar-refractivity contribution in [1.29, 1.82) is 0 Å². The number of thioether (sulfide) groups is 1. The molecule has 0 aromatic carbocycles. The van der Waals surface area contributed by atoms with Crippen molar-refractivity contribution in [2.75, 3.05) is 20.8 Å². The van der Waals surface area contributed by atoms with Crippen molar-refractivity contribution in [1.82, 2.24) is 0 Å². The van der Waals surface area contributed by atoms with Crippen LogP contribution in [0.15, 0.2) is 11.8 Å². The molecule has 1 heterocycles. The largest absolute Gasteiger partial charge is 0.500 e. The molecule has 0 aromatic heterocycles. The van der Waals surface area contributed by atoms with E-state index in [-0.39, 0.29) is 4.93 Å². The van der Waals surface area contributed by atoms with Crippen LogP contribution in [0.4, 0.5) is 0 Å². The molecule has 0 amide bonds. The van der Waals surface area contributed by atoms with Crippen LogP contribution >= 0.6 is 11.8 Å². The minimum absolute atomic E-state index is 0.245. The highest BCUT2D eigenvalue weighted by Gasteiger charge is 2.36. The number of methoxy groups -OCH3 is 2. The zero-order valence-corrected chi connectivity index (χ0v) is 9.19. The van der Waals surface area contributed by atoms with Gasteiger partial charge in [-0.3, -0.25) is 0 Å². The molecule has 0 bridgehead atoms. The highest BCUT2D eigenvalue weighted by atomic mass is 32.2. The van der Waals surface area contributed by atoms with Crippen LogP contribution in [0.2, 0.25) is 0 Å². The highest BCUT2D eigenvalue weighted by molar-refractivity contribution is 8.01. The van der Waals surface area contributed by atoms with Crippen LogP contribution in [0.25, 0.3) is 0 Å². The molecule has 3 nitrogen and oxygen atoms in total. The van der Waals surface area contributed by atoms with E-state index in [1.807, 2.05) is 13.0 Å². The van der Waals surface area contributed by atoms with Gasteiger partial charge in [0, 0.05) is 7.11 Å². The Labute approximate surface area is 83.7 Å². The fourth-order valence-corrected chi connectivity index (χ4v) is 2.76. The highest BCUT2D eigenvalue weighted by Crippen LogP contribution is 2.43. The fourth-order valence-electron chi connectivity index (χ4n) is 1.38. The molecule has 0 saturated carbocycles. The maximum atomic E-state index is 5.52. The van der Waals surface area contributed by atoms with Crippen molar-refractivity contribution in [3.8, 4) is 0 Å². The molecule has 76 valence electrons. The normalized spacial score (nSPS) is 33.2. The second-order valence-corrected chi connectivity index (χ2v) is 4.77. The molecule has 0 fully saturated rings. The standard InChI is InChI=1S/C9H17NO2S/c1-9(12-3)6-7(11-2)8(13-9)4-5-10/h6,8H,4-5,10H2,1-3H3. The second kappa shape index (κ2) is 4.35. The number of nitrogens with two attached hydrogens (primary N) is 1. The van der Waals surface area contributed by atoms with Gasteiger partial charge in [-0.15, -0.1) is 11.8 Å². The van der Waals surface area contributed by atoms with Crippen LogP contribution in [-0.4, -0.2) is 30.9 Å². The Morgan fingerprint density at radius 1 is 1.62 bits per heavy atom. The lowest BCUT2D eigenvalue weighted by Crippen LogP contribution is -2.18. The van der Waals surface area contributed by atoms with Gasteiger partial charge in [0.05, 0.1) is 12.4 Å². The molecule has 4 heteroatoms. The van der Waals surface area contributed by atoms with E-state index >= 15 is 0 Å². The van der Waals surface area contributed by atoms with Gasteiger partial charge in [0.2, 0.25) is 0 Å². The monoisotopic (exact) mass is 203 g/mol. The summed E-state index contributed by atoms with van der Waals surface area (Å²) in [6.45, 7) is 2.71. The van der Waals surface area contributed by atoms with Gasteiger partial charge in [-0.1, -0.05) is 0 Å². The molecule has 0 aromatic rings. The lowest BCUT2D eigenvalue weighted by atomic mass is 10.2. The molecule has 0 spiro atoms. The Morgan fingerprint density at radius 3 is 2.77 bits per heavy atom. The van der Waals surface area contributed by atoms with Crippen LogP contribution in [-0.2, 0) is 9.47 Å². The summed E-state index contributed by atoms with van der Waals surface area (Å²) < 4.78 is 10.7. The van der Waals surface area contributed by atoms with Gasteiger partial charge in [0.15, 0.2) is 0 Å². The van der Waals surface area contributed by atoms with E-state index in [1.54, 1.807) is 26.0 Å². The van der Waals surface area contributed by atoms with Gasteiger partial charge >= 0.3 is 0 Å². The van der Waals surface area contributed by atoms with E-state index < -0.39 is 0 Å². The van der Waals surface area contributed by atoms with E-state index in [2.05, 4.69) is 0 Å². The predicted molar refractivity (Wildman–Crippen MR) is 55.6 cm³/mol. The smallest absolute Gasteiger partial charge is 0.133 e. The van der Waals surface area contributed by atoms with E-state index in [0.717, 1.165) is 12.2 Å². The lowest BCUT2D eigenvalue weighted by Gasteiger charge is -2.20. The average Bonchev–Trinajstić information content (AvgIpc) is 2.45. The quantitative estimate of drug-likeness (QED) is 0.749. The minimum Gasteiger partial charge on any atom is -0.500 e. The molecule has 13 heavy (non-hydrogen) atoms. The molecule has 0 saturated heterocycles. The van der Waals surface area contributed by atoms with Crippen LogP contribution in [0.3, 0.4) is 0 Å². The third-order valence-corrected chi connectivity index (χ3v) is 3.67. The van der Waals surface area contributed by atoms with Gasteiger partial charge in [-0.2, -0.15) is 0 Å². The second-order valence-electron chi connectivity index (χ2n) is 3.15. The fraction of sp³-hybridized carbons (Fsp3) is 0.778. The maximum Gasteiger partial charge on any atom is 0.133 e. The Bertz CT molecular complexity index is 208. The molecule has 2 N–H and O–H groups in total. The molecule has 1 aliphatic rings. The average molecular weight is 203 g/mol. The topological polar surface area (TPSA) is 44.5 Å². The summed E-state index contributed by atoms with van der Waals surface area (Å²) >= 11 is 1.75. The molecular formula is C9H17NO2S. The summed E-state index contributed by atoms with van der Waals surface area (Å²) in [4.78, 5) is -0.245. The molecular weight excluding hydrogens is 186 g/mol. The number of hydrogen-bond donors (Lipinski definition) is 1. The minimum atomic E-state index is -0.245. The van der Waals surface area contributed by atoms with Crippen molar-refractivity contribution >= 4 is 11.8 Å². The first-order valence-electron chi connectivity index (χ1n) is 4.35. The van der Waals surface area contributed by atoms with Crippen molar-refractivity contribution in [2.45, 2.75) is 23.5 Å². The third-order valence-electron chi connectivity index (χ3n) is 2.17. The van der Waals surface area contributed by atoms with Gasteiger partial charge < -0.3 is 15.2 Å². The van der Waals surface area contributed by atoms with Gasteiger partial charge in [0.25, 0.3) is 0 Å². The first kappa shape index (κ1) is 10.9. The molecule has 1 rings (SSSR count). The summed E-state index contributed by atoms with van der Waals surface area (Å²) in [6.07, 6.45) is 2.96. The van der Waals surface area contributed by atoms with Gasteiger partial charge in [0.1, 0.15) is 10.7 Å². The predicted octanol–water partition coefficient (Wildman–Crippen LogP) is 1.34. The summed E-state index contributed by atoms with van der Waals surface area (Å²) in [5, 5.41) is 0.347. The van der Waals surface area contributed by atoms with Crippen molar-refractivity contribution < 1.29 is 9.47 Å². The number of ether oxygens (including phenoxy) is 2. The Kier molecular flexibility index (Phi) is 3.64. The Balaban J connectivity index is 2.68. The molecule has 1 aliphatic heterocycles. The van der Waals surface area contributed by atoms with E-state index in [9.17, 15) is 0 Å². The van der Waals surface area contributed by atoms with Crippen molar-refractivity contribution in [2.24, 2.45) is 5.73 Å². The SMILES string of the molecule is COC1=CC(C)(OC)SC1CCN. The Hall–Kier alpha value is -0.190. The molecule has 0 aliphatic carbocycles. The van der Waals surface area contributed by atoms with E-state index in [4.69, 9.17) is 15.2 Å². The maximum absolute atomic E-state index is 5.52. The first-order valence-corrected chi connectivity index (χ1v) is 5.23. The van der Waals surface area contributed by atoms with Crippen molar-refractivity contribution in [3.63, 3.8) is 0 Å².